The highest BCUT2D eigenvalue weighted by atomic mass is 16.1. The van der Waals surface area contributed by atoms with Crippen LogP contribution in [0.4, 0.5) is 0 Å². The molecule has 0 spiro atoms. The second-order valence-electron chi connectivity index (χ2n) is 2.88. The predicted molar refractivity (Wildman–Crippen MR) is 48.0 cm³/mol. The van der Waals surface area contributed by atoms with Crippen molar-refractivity contribution >= 4 is 5.78 Å². The highest BCUT2D eigenvalue weighted by Gasteiger charge is 2.33. The zero-order valence-electron chi connectivity index (χ0n) is 6.95. The predicted octanol–water partition coefficient (Wildman–Crippen LogP) is 0.908. The van der Waals surface area contributed by atoms with E-state index in [-0.39, 0.29) is 12.2 Å². The van der Waals surface area contributed by atoms with Crippen molar-refractivity contribution in [1.82, 2.24) is 0 Å². The summed E-state index contributed by atoms with van der Waals surface area (Å²) in [6.45, 7) is 0. The lowest BCUT2D eigenvalue weighted by Gasteiger charge is -2.23. The van der Waals surface area contributed by atoms with Gasteiger partial charge in [0.15, 0.2) is 5.78 Å². The molecule has 62 valence electrons. The summed E-state index contributed by atoms with van der Waals surface area (Å²) in [7, 11) is 0. The van der Waals surface area contributed by atoms with Crippen LogP contribution in [0, 0.1) is 47.4 Å². The first-order valence-corrected chi connectivity index (χ1v) is 3.75. The van der Waals surface area contributed by atoms with E-state index in [1.54, 1.807) is 0 Å². The molecule has 1 rings (SSSR count). The van der Waals surface area contributed by atoms with Gasteiger partial charge >= 0.3 is 0 Å². The molecule has 0 aromatic heterocycles. The topological polar surface area (TPSA) is 40.9 Å². The molecular formula is C11H7NO. The van der Waals surface area contributed by atoms with Gasteiger partial charge in [-0.15, -0.1) is 12.8 Å². The van der Waals surface area contributed by atoms with Gasteiger partial charge in [0.1, 0.15) is 11.3 Å². The molecule has 0 aromatic carbocycles. The maximum atomic E-state index is 11.1. The monoisotopic (exact) mass is 169 g/mol. The van der Waals surface area contributed by atoms with Gasteiger partial charge in [0.25, 0.3) is 0 Å². The summed E-state index contributed by atoms with van der Waals surface area (Å²) < 4.78 is 0. The van der Waals surface area contributed by atoms with E-state index in [2.05, 4.69) is 11.8 Å². The number of nitriles is 1. The van der Waals surface area contributed by atoms with Gasteiger partial charge in [-0.1, -0.05) is 17.9 Å². The molecule has 2 heteroatoms. The standard InChI is InChI=1S/C11H7NO/c1-3-11(4-2)6-5-10(13)9(7-11)8-12/h1-2,5-6,9H,7H2. The van der Waals surface area contributed by atoms with E-state index >= 15 is 0 Å². The first-order valence-electron chi connectivity index (χ1n) is 3.75. The number of nitrogens with zero attached hydrogens (tertiary/aromatic N) is 1. The van der Waals surface area contributed by atoms with Crippen LogP contribution in [-0.4, -0.2) is 5.78 Å². The molecule has 0 N–H and O–H groups in total. The molecule has 0 bridgehead atoms. The second kappa shape index (κ2) is 3.18. The Labute approximate surface area is 77.2 Å². The van der Waals surface area contributed by atoms with Crippen LogP contribution in [0.1, 0.15) is 6.42 Å². The Morgan fingerprint density at radius 1 is 1.54 bits per heavy atom. The molecule has 0 aliphatic heterocycles. The van der Waals surface area contributed by atoms with Gasteiger partial charge in [-0.2, -0.15) is 5.26 Å². The molecule has 1 aliphatic rings. The lowest BCUT2D eigenvalue weighted by Crippen LogP contribution is -2.26. The fourth-order valence-corrected chi connectivity index (χ4v) is 1.20. The molecule has 0 heterocycles. The Hall–Kier alpha value is -1.98. The van der Waals surface area contributed by atoms with Crippen molar-refractivity contribution in [1.29, 1.82) is 5.26 Å². The molecule has 0 fully saturated rings. The van der Waals surface area contributed by atoms with Gasteiger partial charge in [-0.25, -0.2) is 0 Å². The third-order valence-electron chi connectivity index (χ3n) is 2.07. The van der Waals surface area contributed by atoms with Gasteiger partial charge in [0, 0.05) is 6.42 Å². The van der Waals surface area contributed by atoms with Crippen molar-refractivity contribution in [3.8, 4) is 30.8 Å². The van der Waals surface area contributed by atoms with Crippen molar-refractivity contribution in [3.05, 3.63) is 12.2 Å². The van der Waals surface area contributed by atoms with Gasteiger partial charge < -0.3 is 0 Å². The Balaban J connectivity index is 3.08. The third-order valence-corrected chi connectivity index (χ3v) is 2.07. The van der Waals surface area contributed by atoms with Gasteiger partial charge in [-0.3, -0.25) is 4.79 Å². The normalized spacial score (nSPS) is 24.1. The summed E-state index contributed by atoms with van der Waals surface area (Å²) in [5, 5.41) is 8.64. The molecule has 0 amide bonds. The van der Waals surface area contributed by atoms with Gasteiger partial charge in [0.05, 0.1) is 6.07 Å². The molecule has 1 aliphatic carbocycles. The Morgan fingerprint density at radius 2 is 2.15 bits per heavy atom. The van der Waals surface area contributed by atoms with Crippen molar-refractivity contribution < 1.29 is 4.79 Å². The minimum Gasteiger partial charge on any atom is -0.293 e. The van der Waals surface area contributed by atoms with E-state index in [9.17, 15) is 4.79 Å². The summed E-state index contributed by atoms with van der Waals surface area (Å²) in [6, 6.07) is 1.89. The molecule has 13 heavy (non-hydrogen) atoms. The van der Waals surface area contributed by atoms with Crippen LogP contribution in [-0.2, 0) is 4.79 Å². The minimum atomic E-state index is -0.853. The van der Waals surface area contributed by atoms with Crippen LogP contribution >= 0.6 is 0 Å². The summed E-state index contributed by atoms with van der Waals surface area (Å²) >= 11 is 0. The van der Waals surface area contributed by atoms with E-state index in [0.717, 1.165) is 0 Å². The molecular weight excluding hydrogens is 162 g/mol. The summed E-state index contributed by atoms with van der Waals surface area (Å²) in [5.41, 5.74) is -0.853. The number of carbonyl (C=O) groups excluding carboxylic acids is 1. The number of carbonyl (C=O) groups is 1. The Kier molecular flexibility index (Phi) is 2.23. The fraction of sp³-hybridized carbons (Fsp3) is 0.273. The lowest BCUT2D eigenvalue weighted by molar-refractivity contribution is -0.117. The van der Waals surface area contributed by atoms with Crippen molar-refractivity contribution in [2.75, 3.05) is 0 Å². The van der Waals surface area contributed by atoms with Gasteiger partial charge in [-0.05, 0) is 6.08 Å². The van der Waals surface area contributed by atoms with E-state index < -0.39 is 11.3 Å². The van der Waals surface area contributed by atoms with Crippen LogP contribution in [0.15, 0.2) is 12.2 Å². The Morgan fingerprint density at radius 3 is 2.62 bits per heavy atom. The number of terminal acetylenes is 2. The van der Waals surface area contributed by atoms with E-state index in [1.165, 1.54) is 12.2 Å². The quantitative estimate of drug-likeness (QED) is 0.506. The molecule has 1 atom stereocenters. The smallest absolute Gasteiger partial charge is 0.172 e. The van der Waals surface area contributed by atoms with Crippen LogP contribution < -0.4 is 0 Å². The molecule has 0 radical (unpaired) electrons. The lowest BCUT2D eigenvalue weighted by atomic mass is 9.75. The first kappa shape index (κ1) is 9.11. The van der Waals surface area contributed by atoms with Crippen LogP contribution in [0.5, 0.6) is 0 Å². The number of hydrogen-bond acceptors (Lipinski definition) is 2. The fourth-order valence-electron chi connectivity index (χ4n) is 1.20. The van der Waals surface area contributed by atoms with Crippen LogP contribution in [0.25, 0.3) is 0 Å². The summed E-state index contributed by atoms with van der Waals surface area (Å²) in [6.07, 6.45) is 13.5. The summed E-state index contributed by atoms with van der Waals surface area (Å²) in [4.78, 5) is 11.1. The van der Waals surface area contributed by atoms with Crippen LogP contribution in [0.2, 0.25) is 0 Å². The van der Waals surface area contributed by atoms with E-state index in [4.69, 9.17) is 18.1 Å². The average molecular weight is 169 g/mol. The molecule has 2 nitrogen and oxygen atoms in total. The Bertz CT molecular complexity index is 370. The highest BCUT2D eigenvalue weighted by Crippen LogP contribution is 2.31. The van der Waals surface area contributed by atoms with Crippen LogP contribution in [0.3, 0.4) is 0 Å². The average Bonchev–Trinajstić information content (AvgIpc) is 2.19. The summed E-state index contributed by atoms with van der Waals surface area (Å²) in [5.74, 6) is 3.94. The van der Waals surface area contributed by atoms with Crippen molar-refractivity contribution in [3.63, 3.8) is 0 Å². The number of hydrogen-bond donors (Lipinski definition) is 0. The zero-order valence-corrected chi connectivity index (χ0v) is 6.95. The largest absolute Gasteiger partial charge is 0.293 e. The maximum Gasteiger partial charge on any atom is 0.172 e. The third kappa shape index (κ3) is 1.46. The van der Waals surface area contributed by atoms with Crippen molar-refractivity contribution in [2.45, 2.75) is 6.42 Å². The first-order chi connectivity index (χ1) is 6.17. The second-order valence-corrected chi connectivity index (χ2v) is 2.88. The molecule has 1 unspecified atom stereocenters. The molecule has 0 saturated carbocycles. The van der Waals surface area contributed by atoms with Crippen molar-refractivity contribution in [2.24, 2.45) is 11.3 Å². The minimum absolute atomic E-state index is 0.219. The zero-order chi connectivity index (χ0) is 9.90. The SMILES string of the molecule is C#CC1(C#C)C=CC(=O)C(C#N)C1. The highest BCUT2D eigenvalue weighted by molar-refractivity contribution is 5.95. The molecule has 0 saturated heterocycles. The van der Waals surface area contributed by atoms with E-state index in [0.29, 0.717) is 0 Å². The number of rotatable bonds is 0. The van der Waals surface area contributed by atoms with E-state index in [1.807, 2.05) is 6.07 Å². The number of ketones is 1. The molecule has 0 aromatic rings. The van der Waals surface area contributed by atoms with Gasteiger partial charge in [0.2, 0.25) is 0 Å². The maximum absolute atomic E-state index is 11.1. The number of allylic oxidation sites excluding steroid dienone is 2.